The molecule has 2 aromatic rings. The number of nitrogen functional groups attached to an aromatic ring is 1. The van der Waals surface area contributed by atoms with E-state index in [2.05, 4.69) is 10.4 Å². The summed E-state index contributed by atoms with van der Waals surface area (Å²) in [4.78, 5) is 28.1. The second-order valence-electron chi connectivity index (χ2n) is 4.41. The number of pyridine rings is 1. The number of anilines is 1. The number of aryl methyl sites for hydroxylation is 1. The molecule has 0 aliphatic heterocycles. The van der Waals surface area contributed by atoms with Gasteiger partial charge in [-0.2, -0.15) is 0 Å². The monoisotopic (exact) mass is 275 g/mol. The zero-order valence-corrected chi connectivity index (χ0v) is 11.2. The lowest BCUT2D eigenvalue weighted by atomic mass is 10.3. The Hall–Kier alpha value is -2.41. The van der Waals surface area contributed by atoms with Crippen LogP contribution in [-0.2, 0) is 13.1 Å². The van der Waals surface area contributed by atoms with Gasteiger partial charge in [0.1, 0.15) is 5.82 Å². The smallest absolute Gasteiger partial charge is 0.308 e. The van der Waals surface area contributed by atoms with Crippen molar-refractivity contribution in [2.75, 3.05) is 5.43 Å². The third-order valence-corrected chi connectivity index (χ3v) is 2.92. The van der Waals surface area contributed by atoms with E-state index in [0.29, 0.717) is 12.4 Å². The Balaban J connectivity index is 2.34. The largest absolute Gasteiger partial charge is 0.331 e. The highest BCUT2D eigenvalue weighted by Gasteiger charge is 2.06. The van der Waals surface area contributed by atoms with Gasteiger partial charge in [-0.15, -0.1) is 0 Å². The second-order valence-corrected chi connectivity index (χ2v) is 4.41. The predicted octanol–water partition coefficient (Wildman–Crippen LogP) is 0.149. The zero-order valence-electron chi connectivity index (χ0n) is 11.2. The lowest BCUT2D eigenvalue weighted by Crippen LogP contribution is -2.39. The molecule has 3 N–H and O–H groups in total. The summed E-state index contributed by atoms with van der Waals surface area (Å²) in [6.07, 6.45) is 3.94. The minimum absolute atomic E-state index is 0.195. The number of nitrogens with zero attached hydrogens (tertiary/aromatic N) is 3. The Morgan fingerprint density at radius 1 is 1.30 bits per heavy atom. The standard InChI is InChI=1S/C13H17N5O2/c1-2-6-17-7-5-12(19)18(13(17)20)9-10-3-4-11(16-14)15-8-10/h3-5,7-8H,2,6,9,14H2,1H3,(H,15,16). The normalized spacial score (nSPS) is 10.5. The van der Waals surface area contributed by atoms with Crippen molar-refractivity contribution in [1.29, 1.82) is 0 Å². The van der Waals surface area contributed by atoms with Gasteiger partial charge in [-0.05, 0) is 18.1 Å². The minimum Gasteiger partial charge on any atom is -0.308 e. The first-order chi connectivity index (χ1) is 9.65. The van der Waals surface area contributed by atoms with E-state index >= 15 is 0 Å². The van der Waals surface area contributed by atoms with Crippen molar-refractivity contribution in [2.24, 2.45) is 5.84 Å². The molecule has 20 heavy (non-hydrogen) atoms. The van der Waals surface area contributed by atoms with Crippen LogP contribution in [0.1, 0.15) is 18.9 Å². The zero-order chi connectivity index (χ0) is 14.5. The molecule has 7 heteroatoms. The molecule has 2 aromatic heterocycles. The maximum atomic E-state index is 12.2. The highest BCUT2D eigenvalue weighted by molar-refractivity contribution is 5.33. The van der Waals surface area contributed by atoms with Crippen molar-refractivity contribution in [3.05, 3.63) is 57.0 Å². The van der Waals surface area contributed by atoms with Gasteiger partial charge >= 0.3 is 5.69 Å². The summed E-state index contributed by atoms with van der Waals surface area (Å²) in [6, 6.07) is 4.86. The van der Waals surface area contributed by atoms with Gasteiger partial charge in [0.25, 0.3) is 5.56 Å². The first-order valence-electron chi connectivity index (χ1n) is 6.37. The SMILES string of the molecule is CCCn1ccc(=O)n(Cc2ccc(NN)nc2)c1=O. The number of rotatable bonds is 5. The van der Waals surface area contributed by atoms with Gasteiger partial charge in [0.05, 0.1) is 6.54 Å². The molecule has 0 aliphatic rings. The average molecular weight is 275 g/mol. The van der Waals surface area contributed by atoms with Gasteiger partial charge < -0.3 is 9.99 Å². The van der Waals surface area contributed by atoms with Crippen molar-refractivity contribution in [1.82, 2.24) is 14.1 Å². The van der Waals surface area contributed by atoms with Crippen LogP contribution in [0.4, 0.5) is 5.82 Å². The summed E-state index contributed by atoms with van der Waals surface area (Å²) in [5.41, 5.74) is 2.56. The molecule has 0 unspecified atom stereocenters. The van der Waals surface area contributed by atoms with E-state index in [-0.39, 0.29) is 17.8 Å². The summed E-state index contributed by atoms with van der Waals surface area (Å²) in [7, 11) is 0. The van der Waals surface area contributed by atoms with Crippen LogP contribution in [0.25, 0.3) is 0 Å². The van der Waals surface area contributed by atoms with Crippen LogP contribution in [0.3, 0.4) is 0 Å². The second kappa shape index (κ2) is 6.16. The van der Waals surface area contributed by atoms with Crippen LogP contribution in [0, 0.1) is 0 Å². The molecule has 0 saturated heterocycles. The Bertz CT molecular complexity index is 687. The van der Waals surface area contributed by atoms with Crippen molar-refractivity contribution in [3.63, 3.8) is 0 Å². The van der Waals surface area contributed by atoms with E-state index in [9.17, 15) is 9.59 Å². The summed E-state index contributed by atoms with van der Waals surface area (Å²) < 4.78 is 2.73. The van der Waals surface area contributed by atoms with Gasteiger partial charge in [0.2, 0.25) is 0 Å². The Morgan fingerprint density at radius 2 is 2.10 bits per heavy atom. The van der Waals surface area contributed by atoms with Crippen LogP contribution in [0.2, 0.25) is 0 Å². The number of hydrogen-bond acceptors (Lipinski definition) is 5. The highest BCUT2D eigenvalue weighted by atomic mass is 16.2. The van der Waals surface area contributed by atoms with E-state index in [0.717, 1.165) is 12.0 Å². The number of hydrogen-bond donors (Lipinski definition) is 2. The van der Waals surface area contributed by atoms with Gasteiger partial charge in [-0.1, -0.05) is 13.0 Å². The van der Waals surface area contributed by atoms with Crippen molar-refractivity contribution in [2.45, 2.75) is 26.4 Å². The molecular formula is C13H17N5O2. The molecule has 0 radical (unpaired) electrons. The molecule has 0 amide bonds. The number of nitrogens with two attached hydrogens (primary N) is 1. The van der Waals surface area contributed by atoms with Crippen LogP contribution < -0.4 is 22.5 Å². The predicted molar refractivity (Wildman–Crippen MR) is 76.4 cm³/mol. The summed E-state index contributed by atoms with van der Waals surface area (Å²) >= 11 is 0. The fourth-order valence-corrected chi connectivity index (χ4v) is 1.90. The maximum Gasteiger partial charge on any atom is 0.331 e. The molecular weight excluding hydrogens is 258 g/mol. The number of nitrogens with one attached hydrogen (secondary N) is 1. The third kappa shape index (κ3) is 2.94. The Morgan fingerprint density at radius 3 is 2.70 bits per heavy atom. The van der Waals surface area contributed by atoms with Crippen LogP contribution in [-0.4, -0.2) is 14.1 Å². The lowest BCUT2D eigenvalue weighted by molar-refractivity contribution is 0.570. The molecule has 0 fully saturated rings. The number of aromatic nitrogens is 3. The molecule has 0 saturated carbocycles. The van der Waals surface area contributed by atoms with Gasteiger partial charge in [-0.3, -0.25) is 9.36 Å². The van der Waals surface area contributed by atoms with E-state index in [4.69, 9.17) is 5.84 Å². The first kappa shape index (κ1) is 14.0. The quantitative estimate of drug-likeness (QED) is 0.598. The summed E-state index contributed by atoms with van der Waals surface area (Å²) in [5.74, 6) is 5.76. The van der Waals surface area contributed by atoms with Crippen molar-refractivity contribution in [3.8, 4) is 0 Å². The highest BCUT2D eigenvalue weighted by Crippen LogP contribution is 2.03. The van der Waals surface area contributed by atoms with E-state index in [1.54, 1.807) is 18.3 Å². The molecule has 7 nitrogen and oxygen atoms in total. The Kier molecular flexibility index (Phi) is 4.31. The summed E-state index contributed by atoms with van der Waals surface area (Å²) in [6.45, 7) is 2.76. The van der Waals surface area contributed by atoms with Gasteiger partial charge in [0.15, 0.2) is 0 Å². The average Bonchev–Trinajstić information content (AvgIpc) is 2.47. The Labute approximate surface area is 115 Å². The third-order valence-electron chi connectivity index (χ3n) is 2.92. The van der Waals surface area contributed by atoms with Gasteiger partial charge in [-0.25, -0.2) is 15.6 Å². The van der Waals surface area contributed by atoms with Crippen LogP contribution in [0.5, 0.6) is 0 Å². The summed E-state index contributed by atoms with van der Waals surface area (Å²) in [5, 5.41) is 0. The molecule has 0 aromatic carbocycles. The number of hydrazine groups is 1. The van der Waals surface area contributed by atoms with Crippen LogP contribution >= 0.6 is 0 Å². The van der Waals surface area contributed by atoms with Gasteiger partial charge in [0, 0.05) is 25.0 Å². The molecule has 0 bridgehead atoms. The first-order valence-corrected chi connectivity index (χ1v) is 6.37. The van der Waals surface area contributed by atoms with E-state index in [1.807, 2.05) is 6.92 Å². The molecule has 0 aliphatic carbocycles. The van der Waals surface area contributed by atoms with E-state index < -0.39 is 0 Å². The molecule has 2 rings (SSSR count). The minimum atomic E-state index is -0.316. The molecule has 0 atom stereocenters. The fraction of sp³-hybridized carbons (Fsp3) is 0.308. The van der Waals surface area contributed by atoms with Crippen molar-refractivity contribution < 1.29 is 0 Å². The van der Waals surface area contributed by atoms with E-state index in [1.165, 1.54) is 21.4 Å². The van der Waals surface area contributed by atoms with Crippen molar-refractivity contribution >= 4 is 5.82 Å². The molecule has 106 valence electrons. The molecule has 2 heterocycles. The maximum absolute atomic E-state index is 12.2. The molecule has 0 spiro atoms. The fourth-order valence-electron chi connectivity index (χ4n) is 1.90. The topological polar surface area (TPSA) is 94.9 Å². The van der Waals surface area contributed by atoms with Crippen LogP contribution in [0.15, 0.2) is 40.2 Å². The lowest BCUT2D eigenvalue weighted by Gasteiger charge is -2.09.